The summed E-state index contributed by atoms with van der Waals surface area (Å²) < 4.78 is 7.04. The van der Waals surface area contributed by atoms with Gasteiger partial charge in [0, 0.05) is 13.1 Å². The average Bonchev–Trinajstić information content (AvgIpc) is 2.79. The van der Waals surface area contributed by atoms with Crippen molar-refractivity contribution >= 4 is 0 Å². The Morgan fingerprint density at radius 3 is 2.69 bits per heavy atom. The van der Waals surface area contributed by atoms with Gasteiger partial charge in [0.25, 0.3) is 0 Å². The minimum Gasteiger partial charge on any atom is -0.360 e. The summed E-state index contributed by atoms with van der Waals surface area (Å²) in [5.74, 6) is 2.65. The quantitative estimate of drug-likeness (QED) is 0.823. The van der Waals surface area contributed by atoms with E-state index in [4.69, 9.17) is 4.52 Å². The van der Waals surface area contributed by atoms with Crippen molar-refractivity contribution in [1.29, 1.82) is 0 Å². The summed E-state index contributed by atoms with van der Waals surface area (Å²) in [4.78, 5) is 0. The third kappa shape index (κ3) is 2.27. The van der Waals surface area contributed by atoms with Crippen LogP contribution in [0, 0.1) is 13.8 Å². The van der Waals surface area contributed by atoms with E-state index in [1.165, 1.54) is 0 Å². The van der Waals surface area contributed by atoms with Crippen molar-refractivity contribution in [3.05, 3.63) is 29.2 Å². The molecule has 0 spiro atoms. The first kappa shape index (κ1) is 10.8. The second-order valence-electron chi connectivity index (χ2n) is 3.76. The van der Waals surface area contributed by atoms with Gasteiger partial charge in [-0.3, -0.25) is 0 Å². The number of nitrogens with one attached hydrogen (secondary N) is 1. The SMILES string of the molecule is Cc1cc(CNCc2nnc(C)n2C)on1. The van der Waals surface area contributed by atoms with Gasteiger partial charge in [-0.15, -0.1) is 10.2 Å². The summed E-state index contributed by atoms with van der Waals surface area (Å²) in [5.41, 5.74) is 0.895. The number of hydrogen-bond donors (Lipinski definition) is 1. The maximum Gasteiger partial charge on any atom is 0.150 e. The number of hydrogen-bond acceptors (Lipinski definition) is 5. The fraction of sp³-hybridized carbons (Fsp3) is 0.500. The van der Waals surface area contributed by atoms with Crippen LogP contribution in [-0.2, 0) is 20.1 Å². The summed E-state index contributed by atoms with van der Waals surface area (Å²) in [6.07, 6.45) is 0. The van der Waals surface area contributed by atoms with E-state index < -0.39 is 0 Å². The largest absolute Gasteiger partial charge is 0.360 e. The van der Waals surface area contributed by atoms with E-state index in [0.29, 0.717) is 13.1 Å². The number of aryl methyl sites for hydroxylation is 2. The van der Waals surface area contributed by atoms with E-state index in [-0.39, 0.29) is 0 Å². The lowest BCUT2D eigenvalue weighted by molar-refractivity contribution is 0.368. The highest BCUT2D eigenvalue weighted by molar-refractivity contribution is 5.02. The topological polar surface area (TPSA) is 68.8 Å². The van der Waals surface area contributed by atoms with Gasteiger partial charge in [0.15, 0.2) is 5.76 Å². The number of rotatable bonds is 4. The molecule has 1 N–H and O–H groups in total. The molecule has 0 aromatic carbocycles. The lowest BCUT2D eigenvalue weighted by Crippen LogP contribution is -2.15. The van der Waals surface area contributed by atoms with Crippen LogP contribution >= 0.6 is 0 Å². The molecule has 0 bridgehead atoms. The van der Waals surface area contributed by atoms with Crippen molar-refractivity contribution in [2.45, 2.75) is 26.9 Å². The first-order valence-electron chi connectivity index (χ1n) is 5.14. The van der Waals surface area contributed by atoms with Gasteiger partial charge in [0.1, 0.15) is 11.6 Å². The lowest BCUT2D eigenvalue weighted by Gasteiger charge is -2.02. The molecule has 0 amide bonds. The Kier molecular flexibility index (Phi) is 3.00. The highest BCUT2D eigenvalue weighted by Crippen LogP contribution is 2.02. The third-order valence-electron chi connectivity index (χ3n) is 2.44. The number of nitrogens with zero attached hydrogens (tertiary/aromatic N) is 4. The van der Waals surface area contributed by atoms with Crippen molar-refractivity contribution in [3.8, 4) is 0 Å². The van der Waals surface area contributed by atoms with Gasteiger partial charge < -0.3 is 14.4 Å². The molecule has 2 rings (SSSR count). The summed E-state index contributed by atoms with van der Waals surface area (Å²) in [7, 11) is 1.95. The van der Waals surface area contributed by atoms with Crippen molar-refractivity contribution in [1.82, 2.24) is 25.2 Å². The van der Waals surface area contributed by atoms with Crippen LogP contribution in [0.5, 0.6) is 0 Å². The zero-order chi connectivity index (χ0) is 11.5. The zero-order valence-corrected chi connectivity index (χ0v) is 9.69. The Bertz CT molecular complexity index is 473. The molecule has 0 fully saturated rings. The van der Waals surface area contributed by atoms with E-state index in [9.17, 15) is 0 Å². The lowest BCUT2D eigenvalue weighted by atomic mass is 10.4. The van der Waals surface area contributed by atoms with Crippen LogP contribution in [0.3, 0.4) is 0 Å². The molecule has 0 saturated carbocycles. The molecule has 0 aliphatic heterocycles. The Morgan fingerprint density at radius 2 is 2.12 bits per heavy atom. The molecule has 0 radical (unpaired) electrons. The molecule has 0 aliphatic carbocycles. The molecule has 86 valence electrons. The van der Waals surface area contributed by atoms with Gasteiger partial charge in [-0.05, 0) is 13.8 Å². The van der Waals surface area contributed by atoms with Crippen molar-refractivity contribution in [3.63, 3.8) is 0 Å². The zero-order valence-electron chi connectivity index (χ0n) is 9.69. The van der Waals surface area contributed by atoms with Gasteiger partial charge in [-0.25, -0.2) is 0 Å². The van der Waals surface area contributed by atoms with Crippen LogP contribution in [0.2, 0.25) is 0 Å². The van der Waals surface area contributed by atoms with Gasteiger partial charge in [0.05, 0.1) is 18.8 Å². The van der Waals surface area contributed by atoms with Crippen molar-refractivity contribution < 1.29 is 4.52 Å². The minimum absolute atomic E-state index is 0.646. The Labute approximate surface area is 93.7 Å². The second kappa shape index (κ2) is 4.44. The summed E-state index contributed by atoms with van der Waals surface area (Å²) in [6, 6.07) is 1.91. The Balaban J connectivity index is 1.86. The smallest absolute Gasteiger partial charge is 0.150 e. The monoisotopic (exact) mass is 221 g/mol. The fourth-order valence-corrected chi connectivity index (χ4v) is 1.40. The summed E-state index contributed by atoms with van der Waals surface area (Å²) in [6.45, 7) is 5.14. The van der Waals surface area contributed by atoms with E-state index in [1.54, 1.807) is 0 Å². The fourth-order valence-electron chi connectivity index (χ4n) is 1.40. The summed E-state index contributed by atoms with van der Waals surface area (Å²) >= 11 is 0. The normalized spacial score (nSPS) is 10.9. The van der Waals surface area contributed by atoms with Gasteiger partial charge >= 0.3 is 0 Å². The van der Waals surface area contributed by atoms with Gasteiger partial charge in [0.2, 0.25) is 0 Å². The maximum atomic E-state index is 5.08. The van der Waals surface area contributed by atoms with Crippen LogP contribution in [0.25, 0.3) is 0 Å². The van der Waals surface area contributed by atoms with Crippen LogP contribution < -0.4 is 5.32 Å². The molecule has 6 nitrogen and oxygen atoms in total. The molecule has 0 unspecified atom stereocenters. The predicted octanol–water partition coefficient (Wildman–Crippen LogP) is 0.710. The molecular formula is C10H15N5O. The Morgan fingerprint density at radius 1 is 1.31 bits per heavy atom. The Hall–Kier alpha value is -1.69. The molecule has 6 heteroatoms. The highest BCUT2D eigenvalue weighted by Gasteiger charge is 2.05. The van der Waals surface area contributed by atoms with E-state index in [2.05, 4.69) is 20.7 Å². The van der Waals surface area contributed by atoms with Gasteiger partial charge in [-0.2, -0.15) is 0 Å². The van der Waals surface area contributed by atoms with Crippen LogP contribution in [0.15, 0.2) is 10.6 Å². The maximum absolute atomic E-state index is 5.08. The highest BCUT2D eigenvalue weighted by atomic mass is 16.5. The standard InChI is InChI=1S/C10H15N5O/c1-7-4-9(16-14-7)5-11-6-10-13-12-8(2)15(10)3/h4,11H,5-6H2,1-3H3. The predicted molar refractivity (Wildman–Crippen MR) is 57.5 cm³/mol. The first-order valence-corrected chi connectivity index (χ1v) is 5.14. The molecule has 0 atom stereocenters. The van der Waals surface area contributed by atoms with E-state index in [1.807, 2.05) is 31.5 Å². The molecule has 2 aromatic rings. The summed E-state index contributed by atoms with van der Waals surface area (Å²) in [5, 5.41) is 15.1. The average molecular weight is 221 g/mol. The van der Waals surface area contributed by atoms with E-state index in [0.717, 1.165) is 23.1 Å². The second-order valence-corrected chi connectivity index (χ2v) is 3.76. The van der Waals surface area contributed by atoms with Crippen molar-refractivity contribution in [2.24, 2.45) is 7.05 Å². The van der Waals surface area contributed by atoms with Crippen molar-refractivity contribution in [2.75, 3.05) is 0 Å². The molecule has 0 aliphatic rings. The molecule has 2 aromatic heterocycles. The van der Waals surface area contributed by atoms with Gasteiger partial charge in [-0.1, -0.05) is 5.16 Å². The van der Waals surface area contributed by atoms with Crippen LogP contribution in [0.4, 0.5) is 0 Å². The first-order chi connectivity index (χ1) is 7.66. The molecule has 2 heterocycles. The number of aromatic nitrogens is 4. The van der Waals surface area contributed by atoms with Crippen LogP contribution in [-0.4, -0.2) is 19.9 Å². The van der Waals surface area contributed by atoms with E-state index >= 15 is 0 Å². The molecular weight excluding hydrogens is 206 g/mol. The third-order valence-corrected chi connectivity index (χ3v) is 2.44. The molecule has 0 saturated heterocycles. The molecule has 16 heavy (non-hydrogen) atoms. The minimum atomic E-state index is 0.646. The van der Waals surface area contributed by atoms with Crippen LogP contribution in [0.1, 0.15) is 23.1 Å².